The highest BCUT2D eigenvalue weighted by Gasteiger charge is 2.13. The Morgan fingerprint density at radius 1 is 1.17 bits per heavy atom. The third kappa shape index (κ3) is 6.23. The predicted molar refractivity (Wildman–Crippen MR) is 110 cm³/mol. The fourth-order valence-corrected chi connectivity index (χ4v) is 3.03. The first-order valence-electron chi connectivity index (χ1n) is 8.72. The summed E-state index contributed by atoms with van der Waals surface area (Å²) in [5.74, 6) is 0.508. The molecule has 2 aromatic carbocycles. The van der Waals surface area contributed by atoms with Crippen LogP contribution in [-0.4, -0.2) is 39.6 Å². The van der Waals surface area contributed by atoms with Crippen molar-refractivity contribution in [2.24, 2.45) is 0 Å². The van der Waals surface area contributed by atoms with Gasteiger partial charge in [-0.05, 0) is 42.3 Å². The lowest BCUT2D eigenvalue weighted by Crippen LogP contribution is -2.18. The van der Waals surface area contributed by atoms with Crippen LogP contribution in [0.2, 0.25) is 0 Å². The van der Waals surface area contributed by atoms with Crippen molar-refractivity contribution in [1.29, 1.82) is 5.26 Å². The molecule has 10 heteroatoms. The second kappa shape index (κ2) is 10.3. The Balaban J connectivity index is 1.98. The number of ether oxygens (including phenoxy) is 2. The molecule has 2 aromatic rings. The molecule has 1 amide bonds. The SMILES string of the molecule is COc1ccc(CCN/C=C(/C#N)C(=O)Nc2cccc(S(=O)(=O)O)c2)cc1OC. The average molecular weight is 431 g/mol. The molecule has 0 aliphatic heterocycles. The molecule has 0 aromatic heterocycles. The van der Waals surface area contributed by atoms with Gasteiger partial charge in [-0.2, -0.15) is 13.7 Å². The monoisotopic (exact) mass is 431 g/mol. The van der Waals surface area contributed by atoms with Crippen molar-refractivity contribution in [3.63, 3.8) is 0 Å². The molecule has 0 heterocycles. The van der Waals surface area contributed by atoms with Crippen LogP contribution in [0.5, 0.6) is 11.5 Å². The van der Waals surface area contributed by atoms with Gasteiger partial charge < -0.3 is 20.1 Å². The molecular weight excluding hydrogens is 410 g/mol. The van der Waals surface area contributed by atoms with Gasteiger partial charge in [-0.1, -0.05) is 12.1 Å². The number of benzene rings is 2. The topological polar surface area (TPSA) is 138 Å². The maximum Gasteiger partial charge on any atom is 0.294 e. The van der Waals surface area contributed by atoms with Crippen LogP contribution < -0.4 is 20.1 Å². The summed E-state index contributed by atoms with van der Waals surface area (Å²) >= 11 is 0. The summed E-state index contributed by atoms with van der Waals surface area (Å²) in [6.07, 6.45) is 1.89. The maximum atomic E-state index is 12.2. The summed E-state index contributed by atoms with van der Waals surface area (Å²) in [5.41, 5.74) is 0.903. The number of methoxy groups -OCH3 is 2. The molecule has 0 unspecified atom stereocenters. The molecule has 30 heavy (non-hydrogen) atoms. The minimum atomic E-state index is -4.40. The first kappa shape index (κ1) is 22.7. The van der Waals surface area contributed by atoms with Crippen LogP contribution in [0.15, 0.2) is 59.1 Å². The van der Waals surface area contributed by atoms with E-state index in [-0.39, 0.29) is 16.2 Å². The number of nitrogens with one attached hydrogen (secondary N) is 2. The molecule has 3 N–H and O–H groups in total. The number of nitrogens with zero attached hydrogens (tertiary/aromatic N) is 1. The molecule has 0 fully saturated rings. The van der Waals surface area contributed by atoms with Crippen molar-refractivity contribution < 1.29 is 27.2 Å². The number of carbonyl (C=O) groups is 1. The van der Waals surface area contributed by atoms with Crippen LogP contribution in [0.1, 0.15) is 5.56 Å². The largest absolute Gasteiger partial charge is 0.493 e. The highest BCUT2D eigenvalue weighted by molar-refractivity contribution is 7.85. The lowest BCUT2D eigenvalue weighted by molar-refractivity contribution is -0.112. The fraction of sp³-hybridized carbons (Fsp3) is 0.200. The van der Waals surface area contributed by atoms with Gasteiger partial charge in [0.05, 0.1) is 19.1 Å². The molecule has 2 rings (SSSR count). The smallest absolute Gasteiger partial charge is 0.294 e. The summed E-state index contributed by atoms with van der Waals surface area (Å²) in [4.78, 5) is 11.9. The number of nitriles is 1. The van der Waals surface area contributed by atoms with E-state index in [0.29, 0.717) is 24.5 Å². The van der Waals surface area contributed by atoms with E-state index < -0.39 is 16.0 Å². The standard InChI is InChI=1S/C20H21N3O6S/c1-28-18-7-6-14(10-19(18)29-2)8-9-22-13-15(12-21)20(24)23-16-4-3-5-17(11-16)30(25,26)27/h3-7,10-11,13,22H,8-9H2,1-2H3,(H,23,24)(H,25,26,27)/b15-13-. The van der Waals surface area contributed by atoms with E-state index in [2.05, 4.69) is 10.6 Å². The van der Waals surface area contributed by atoms with E-state index in [1.165, 1.54) is 24.4 Å². The molecule has 9 nitrogen and oxygen atoms in total. The first-order chi connectivity index (χ1) is 14.3. The van der Waals surface area contributed by atoms with Crippen LogP contribution in [0.3, 0.4) is 0 Å². The van der Waals surface area contributed by atoms with Gasteiger partial charge in [-0.15, -0.1) is 0 Å². The Labute approximate surface area is 174 Å². The average Bonchev–Trinajstić information content (AvgIpc) is 2.73. The normalized spacial score (nSPS) is 11.3. The number of hydrogen-bond acceptors (Lipinski definition) is 7. The van der Waals surface area contributed by atoms with Crippen molar-refractivity contribution in [1.82, 2.24) is 5.32 Å². The summed E-state index contributed by atoms with van der Waals surface area (Å²) in [7, 11) is -1.30. The van der Waals surface area contributed by atoms with E-state index in [1.54, 1.807) is 26.4 Å². The Morgan fingerprint density at radius 2 is 1.90 bits per heavy atom. The van der Waals surface area contributed by atoms with Crippen LogP contribution >= 0.6 is 0 Å². The third-order valence-electron chi connectivity index (χ3n) is 4.01. The highest BCUT2D eigenvalue weighted by atomic mass is 32.2. The van der Waals surface area contributed by atoms with E-state index in [9.17, 15) is 18.5 Å². The Morgan fingerprint density at radius 3 is 2.53 bits per heavy atom. The van der Waals surface area contributed by atoms with E-state index in [1.807, 2.05) is 12.1 Å². The zero-order chi connectivity index (χ0) is 22.1. The van der Waals surface area contributed by atoms with Gasteiger partial charge in [-0.3, -0.25) is 9.35 Å². The van der Waals surface area contributed by atoms with Crippen molar-refractivity contribution in [2.45, 2.75) is 11.3 Å². The summed E-state index contributed by atoms with van der Waals surface area (Å²) in [5, 5.41) is 14.5. The van der Waals surface area contributed by atoms with E-state index in [4.69, 9.17) is 14.0 Å². The van der Waals surface area contributed by atoms with Crippen molar-refractivity contribution in [3.8, 4) is 17.6 Å². The molecule has 0 radical (unpaired) electrons. The van der Waals surface area contributed by atoms with Gasteiger partial charge in [0.15, 0.2) is 11.5 Å². The second-order valence-corrected chi connectivity index (χ2v) is 7.44. The zero-order valence-electron chi connectivity index (χ0n) is 16.4. The van der Waals surface area contributed by atoms with E-state index >= 15 is 0 Å². The number of hydrogen-bond donors (Lipinski definition) is 3. The minimum Gasteiger partial charge on any atom is -0.493 e. The zero-order valence-corrected chi connectivity index (χ0v) is 17.2. The van der Waals surface area contributed by atoms with E-state index in [0.717, 1.165) is 11.6 Å². The van der Waals surface area contributed by atoms with Gasteiger partial charge in [0.1, 0.15) is 11.6 Å². The van der Waals surface area contributed by atoms with Crippen molar-refractivity contribution in [3.05, 3.63) is 59.8 Å². The number of rotatable bonds is 9. The second-order valence-electron chi connectivity index (χ2n) is 6.02. The Bertz CT molecular complexity index is 1090. The number of anilines is 1. The van der Waals surface area contributed by atoms with Gasteiger partial charge in [0.2, 0.25) is 0 Å². The van der Waals surface area contributed by atoms with Crippen molar-refractivity contribution >= 4 is 21.7 Å². The minimum absolute atomic E-state index is 0.126. The quantitative estimate of drug-likeness (QED) is 0.238. The van der Waals surface area contributed by atoms with Crippen LogP contribution in [0.25, 0.3) is 0 Å². The Kier molecular flexibility index (Phi) is 7.80. The lowest BCUT2D eigenvalue weighted by Gasteiger charge is -2.10. The van der Waals surface area contributed by atoms with Crippen LogP contribution in [0, 0.1) is 11.3 Å². The third-order valence-corrected chi connectivity index (χ3v) is 4.86. The molecule has 0 saturated heterocycles. The van der Waals surface area contributed by atoms with Crippen LogP contribution in [0.4, 0.5) is 5.69 Å². The molecule has 0 aliphatic rings. The molecule has 0 spiro atoms. The number of amides is 1. The maximum absolute atomic E-state index is 12.2. The van der Waals surface area contributed by atoms with Gasteiger partial charge >= 0.3 is 0 Å². The summed E-state index contributed by atoms with van der Waals surface area (Å²) in [6, 6.07) is 12.4. The van der Waals surface area contributed by atoms with Crippen molar-refractivity contribution in [2.75, 3.05) is 26.1 Å². The molecular formula is C20H21N3O6S. The van der Waals surface area contributed by atoms with Crippen LogP contribution in [-0.2, 0) is 21.3 Å². The number of carbonyl (C=O) groups excluding carboxylic acids is 1. The molecule has 0 saturated carbocycles. The highest BCUT2D eigenvalue weighted by Crippen LogP contribution is 2.27. The lowest BCUT2D eigenvalue weighted by atomic mass is 10.1. The first-order valence-corrected chi connectivity index (χ1v) is 10.2. The molecule has 158 valence electrons. The van der Waals surface area contributed by atoms with Gasteiger partial charge in [0.25, 0.3) is 16.0 Å². The molecule has 0 bridgehead atoms. The summed E-state index contributed by atoms with van der Waals surface area (Å²) < 4.78 is 41.9. The fourth-order valence-electron chi connectivity index (χ4n) is 2.51. The molecule has 0 atom stereocenters. The Hall–Kier alpha value is -3.55. The molecule has 0 aliphatic carbocycles. The van der Waals surface area contributed by atoms with Gasteiger partial charge in [-0.25, -0.2) is 0 Å². The predicted octanol–water partition coefficient (Wildman–Crippen LogP) is 2.13. The van der Waals surface area contributed by atoms with Gasteiger partial charge in [0, 0.05) is 18.4 Å². The summed E-state index contributed by atoms with van der Waals surface area (Å²) in [6.45, 7) is 0.451.